The number of rotatable bonds is 5. The summed E-state index contributed by atoms with van der Waals surface area (Å²) < 4.78 is 49.9. The van der Waals surface area contributed by atoms with E-state index in [4.69, 9.17) is 14.7 Å². The zero-order valence-corrected chi connectivity index (χ0v) is 14.9. The third-order valence-corrected chi connectivity index (χ3v) is 4.07. The molecule has 0 bridgehead atoms. The molecule has 1 unspecified atom stereocenters. The van der Waals surface area contributed by atoms with E-state index < -0.39 is 17.3 Å². The first-order valence-corrected chi connectivity index (χ1v) is 7.81. The van der Waals surface area contributed by atoms with Crippen LogP contribution in [0.4, 0.5) is 18.9 Å². The molecular formula is C19H19F3N2O2. The molecule has 1 atom stereocenters. The molecule has 0 spiro atoms. The minimum absolute atomic E-state index is 0.276. The maximum absolute atomic E-state index is 13.1. The van der Waals surface area contributed by atoms with E-state index >= 15 is 0 Å². The first kappa shape index (κ1) is 19.4. The number of aryl methyl sites for hydroxylation is 1. The van der Waals surface area contributed by atoms with Gasteiger partial charge in [0.25, 0.3) is 0 Å². The summed E-state index contributed by atoms with van der Waals surface area (Å²) in [6, 6.07) is 8.46. The molecule has 0 radical (unpaired) electrons. The molecule has 0 amide bonds. The second-order valence-electron chi connectivity index (χ2n) is 5.80. The van der Waals surface area contributed by atoms with Crippen LogP contribution in [0.5, 0.6) is 11.5 Å². The van der Waals surface area contributed by atoms with Crippen molar-refractivity contribution in [2.24, 2.45) is 0 Å². The van der Waals surface area contributed by atoms with Gasteiger partial charge < -0.3 is 14.8 Å². The minimum Gasteiger partial charge on any atom is -0.493 e. The van der Waals surface area contributed by atoms with E-state index in [1.54, 1.807) is 12.1 Å². The Balaban J connectivity index is 2.36. The number of nitriles is 1. The van der Waals surface area contributed by atoms with Crippen LogP contribution < -0.4 is 14.8 Å². The summed E-state index contributed by atoms with van der Waals surface area (Å²) in [5, 5.41) is 11.9. The summed E-state index contributed by atoms with van der Waals surface area (Å²) in [6.45, 7) is 3.72. The van der Waals surface area contributed by atoms with Crippen molar-refractivity contribution in [3.63, 3.8) is 0 Å². The quantitative estimate of drug-likeness (QED) is 0.804. The van der Waals surface area contributed by atoms with Crippen LogP contribution in [0.25, 0.3) is 0 Å². The van der Waals surface area contributed by atoms with E-state index in [2.05, 4.69) is 5.32 Å². The molecule has 2 aromatic rings. The lowest BCUT2D eigenvalue weighted by atomic mass is 10.0. The Labute approximate surface area is 150 Å². The Morgan fingerprint density at radius 1 is 1.08 bits per heavy atom. The number of nitrogens with one attached hydrogen (secondary N) is 1. The molecule has 0 heterocycles. The number of halogens is 3. The molecule has 0 fully saturated rings. The van der Waals surface area contributed by atoms with Crippen molar-refractivity contribution in [1.82, 2.24) is 0 Å². The average Bonchev–Trinajstić information content (AvgIpc) is 2.60. The molecule has 0 saturated heterocycles. The van der Waals surface area contributed by atoms with Crippen LogP contribution in [0.3, 0.4) is 0 Å². The average molecular weight is 364 g/mol. The molecule has 0 aromatic heterocycles. The van der Waals surface area contributed by atoms with Crippen molar-refractivity contribution in [2.45, 2.75) is 26.1 Å². The van der Waals surface area contributed by atoms with E-state index in [0.29, 0.717) is 11.5 Å². The third-order valence-electron chi connectivity index (χ3n) is 4.07. The van der Waals surface area contributed by atoms with Gasteiger partial charge in [-0.25, -0.2) is 0 Å². The van der Waals surface area contributed by atoms with Crippen LogP contribution in [0.2, 0.25) is 0 Å². The van der Waals surface area contributed by atoms with Gasteiger partial charge in [-0.15, -0.1) is 0 Å². The van der Waals surface area contributed by atoms with Gasteiger partial charge in [0, 0.05) is 11.7 Å². The fourth-order valence-electron chi connectivity index (χ4n) is 2.76. The molecule has 7 heteroatoms. The summed E-state index contributed by atoms with van der Waals surface area (Å²) >= 11 is 0. The van der Waals surface area contributed by atoms with Gasteiger partial charge in [-0.2, -0.15) is 18.4 Å². The first-order chi connectivity index (χ1) is 12.2. The SMILES string of the molecule is COc1cc(C)c(C(C)Nc2ccc(C#N)c(C(F)(F)F)c2)cc1OC. The van der Waals surface area contributed by atoms with Crippen LogP contribution in [0, 0.1) is 18.3 Å². The number of hydrogen-bond acceptors (Lipinski definition) is 4. The van der Waals surface area contributed by atoms with Crippen molar-refractivity contribution in [1.29, 1.82) is 5.26 Å². The van der Waals surface area contributed by atoms with Crippen molar-refractivity contribution in [3.05, 3.63) is 52.6 Å². The van der Waals surface area contributed by atoms with Gasteiger partial charge in [0.15, 0.2) is 11.5 Å². The van der Waals surface area contributed by atoms with E-state index in [1.165, 1.54) is 26.4 Å². The van der Waals surface area contributed by atoms with Crippen LogP contribution in [-0.2, 0) is 6.18 Å². The smallest absolute Gasteiger partial charge is 0.417 e. The second-order valence-corrected chi connectivity index (χ2v) is 5.80. The highest BCUT2D eigenvalue weighted by Crippen LogP contribution is 2.36. The standard InChI is InChI=1S/C19H19F3N2O2/c1-11-7-17(25-3)18(26-4)9-15(11)12(2)24-14-6-5-13(10-23)16(8-14)19(20,21)22/h5-9,12,24H,1-4H3. The van der Waals surface area contributed by atoms with E-state index in [0.717, 1.165) is 17.2 Å². The fourth-order valence-corrected chi connectivity index (χ4v) is 2.76. The van der Waals surface area contributed by atoms with Crippen molar-refractivity contribution >= 4 is 5.69 Å². The highest BCUT2D eigenvalue weighted by molar-refractivity contribution is 5.55. The van der Waals surface area contributed by atoms with Gasteiger partial charge in [0.1, 0.15) is 0 Å². The summed E-state index contributed by atoms with van der Waals surface area (Å²) in [7, 11) is 3.05. The number of hydrogen-bond donors (Lipinski definition) is 1. The van der Waals surface area contributed by atoms with E-state index in [9.17, 15) is 13.2 Å². The number of nitrogens with zero attached hydrogens (tertiary/aromatic N) is 1. The third kappa shape index (κ3) is 4.02. The summed E-state index contributed by atoms with van der Waals surface area (Å²) in [5.41, 5.74) is 0.685. The monoisotopic (exact) mass is 364 g/mol. The van der Waals surface area contributed by atoms with Gasteiger partial charge in [0.05, 0.1) is 31.4 Å². The topological polar surface area (TPSA) is 54.3 Å². The molecule has 2 rings (SSSR count). The van der Waals surface area contributed by atoms with E-state index in [-0.39, 0.29) is 11.7 Å². The lowest BCUT2D eigenvalue weighted by Crippen LogP contribution is -2.12. The molecule has 0 aliphatic heterocycles. The molecule has 2 aromatic carbocycles. The Morgan fingerprint density at radius 3 is 2.23 bits per heavy atom. The Bertz CT molecular complexity index is 842. The number of alkyl halides is 3. The fraction of sp³-hybridized carbons (Fsp3) is 0.316. The number of methoxy groups -OCH3 is 2. The van der Waals surface area contributed by atoms with Gasteiger partial charge in [-0.05, 0) is 55.3 Å². The maximum atomic E-state index is 13.1. The summed E-state index contributed by atoms with van der Waals surface area (Å²) in [5.74, 6) is 1.12. The molecule has 4 nitrogen and oxygen atoms in total. The lowest BCUT2D eigenvalue weighted by Gasteiger charge is -2.21. The summed E-state index contributed by atoms with van der Waals surface area (Å²) in [4.78, 5) is 0. The highest BCUT2D eigenvalue weighted by Gasteiger charge is 2.34. The van der Waals surface area contributed by atoms with Crippen molar-refractivity contribution in [2.75, 3.05) is 19.5 Å². The number of ether oxygens (including phenoxy) is 2. The minimum atomic E-state index is -4.59. The molecule has 0 aliphatic rings. The van der Waals surface area contributed by atoms with Crippen LogP contribution in [-0.4, -0.2) is 14.2 Å². The summed E-state index contributed by atoms with van der Waals surface area (Å²) in [6.07, 6.45) is -4.59. The first-order valence-electron chi connectivity index (χ1n) is 7.81. The number of anilines is 1. The predicted octanol–water partition coefficient (Wildman–Crippen LogP) is 5.08. The number of benzene rings is 2. The van der Waals surface area contributed by atoms with Crippen LogP contribution in [0.1, 0.15) is 35.2 Å². The van der Waals surface area contributed by atoms with Crippen LogP contribution >= 0.6 is 0 Å². The largest absolute Gasteiger partial charge is 0.493 e. The predicted molar refractivity (Wildman–Crippen MR) is 92.5 cm³/mol. The molecule has 138 valence electrons. The second kappa shape index (κ2) is 7.56. The van der Waals surface area contributed by atoms with Gasteiger partial charge >= 0.3 is 6.18 Å². The van der Waals surface area contributed by atoms with Gasteiger partial charge in [0.2, 0.25) is 0 Å². The molecule has 0 aliphatic carbocycles. The molecule has 0 saturated carbocycles. The zero-order valence-electron chi connectivity index (χ0n) is 14.9. The molecular weight excluding hydrogens is 345 g/mol. The Hall–Kier alpha value is -2.88. The molecule has 26 heavy (non-hydrogen) atoms. The normalized spacial score (nSPS) is 12.2. The zero-order chi connectivity index (χ0) is 19.5. The maximum Gasteiger partial charge on any atom is 0.417 e. The van der Waals surface area contributed by atoms with Gasteiger partial charge in [-0.1, -0.05) is 0 Å². The lowest BCUT2D eigenvalue weighted by molar-refractivity contribution is -0.137. The highest BCUT2D eigenvalue weighted by atomic mass is 19.4. The van der Waals surface area contributed by atoms with Crippen molar-refractivity contribution < 1.29 is 22.6 Å². The Morgan fingerprint density at radius 2 is 1.69 bits per heavy atom. The van der Waals surface area contributed by atoms with Crippen molar-refractivity contribution in [3.8, 4) is 17.6 Å². The van der Waals surface area contributed by atoms with Gasteiger partial charge in [-0.3, -0.25) is 0 Å². The van der Waals surface area contributed by atoms with Crippen LogP contribution in [0.15, 0.2) is 30.3 Å². The van der Waals surface area contributed by atoms with E-state index in [1.807, 2.05) is 19.9 Å². The Kier molecular flexibility index (Phi) is 5.66. The molecule has 1 N–H and O–H groups in total.